The van der Waals surface area contributed by atoms with E-state index in [9.17, 15) is 18.0 Å². The highest BCUT2D eigenvalue weighted by Gasteiger charge is 2.41. The third kappa shape index (κ3) is 4.34. The zero-order valence-electron chi connectivity index (χ0n) is 17.0. The normalized spacial score (nSPS) is 14.7. The number of amides is 1. The number of anilines is 1. The summed E-state index contributed by atoms with van der Waals surface area (Å²) in [5.74, 6) is -1.20. The lowest BCUT2D eigenvalue weighted by Gasteiger charge is -2.36. The molecule has 1 aliphatic rings. The zero-order chi connectivity index (χ0) is 22.6. The summed E-state index contributed by atoms with van der Waals surface area (Å²) in [6.07, 6.45) is 0. The Balaban J connectivity index is 1.51. The molecule has 0 saturated carbocycles. The van der Waals surface area contributed by atoms with Crippen LogP contribution in [-0.4, -0.2) is 38.1 Å². The topological polar surface area (TPSA) is 93.2 Å². The first-order valence-corrected chi connectivity index (χ1v) is 11.2. The van der Waals surface area contributed by atoms with Gasteiger partial charge >= 0.3 is 16.2 Å². The number of carbonyl (C=O) groups excluding carboxylic acids is 2. The number of carbonyl (C=O) groups is 2. The van der Waals surface area contributed by atoms with Gasteiger partial charge in [-0.05, 0) is 29.8 Å². The maximum Gasteiger partial charge on any atom is 0.340 e. The predicted molar refractivity (Wildman–Crippen MR) is 117 cm³/mol. The summed E-state index contributed by atoms with van der Waals surface area (Å²) in [5.41, 5.74) is 1.47. The SMILES string of the molecule is O=C(OCOCN1c2ccccc2C(=O)N(Cc2ccccc2)S1(=O)=O)c1ccccc1. The van der Waals surface area contributed by atoms with Crippen LogP contribution in [-0.2, 0) is 26.2 Å². The zero-order valence-corrected chi connectivity index (χ0v) is 17.8. The lowest BCUT2D eigenvalue weighted by Crippen LogP contribution is -2.51. The summed E-state index contributed by atoms with van der Waals surface area (Å²) in [6.45, 7) is -0.996. The summed E-state index contributed by atoms with van der Waals surface area (Å²) in [6, 6.07) is 23.6. The highest BCUT2D eigenvalue weighted by Crippen LogP contribution is 2.33. The number of rotatable bonds is 7. The first kappa shape index (κ1) is 21.5. The second-order valence-electron chi connectivity index (χ2n) is 6.92. The smallest absolute Gasteiger partial charge is 0.340 e. The molecule has 0 unspecified atom stereocenters. The van der Waals surface area contributed by atoms with E-state index in [1.165, 1.54) is 6.07 Å². The van der Waals surface area contributed by atoms with E-state index in [0.29, 0.717) is 11.1 Å². The lowest BCUT2D eigenvalue weighted by molar-refractivity contribution is -0.0286. The van der Waals surface area contributed by atoms with E-state index in [1.54, 1.807) is 72.8 Å². The van der Waals surface area contributed by atoms with Crippen LogP contribution in [0.5, 0.6) is 0 Å². The van der Waals surface area contributed by atoms with E-state index in [0.717, 1.165) is 8.61 Å². The minimum absolute atomic E-state index is 0.115. The highest BCUT2D eigenvalue weighted by molar-refractivity contribution is 7.91. The van der Waals surface area contributed by atoms with Crippen molar-refractivity contribution < 1.29 is 27.5 Å². The molecule has 0 atom stereocenters. The molecule has 0 bridgehead atoms. The van der Waals surface area contributed by atoms with Gasteiger partial charge in [0.05, 0.1) is 23.4 Å². The first-order valence-electron chi connectivity index (χ1n) is 9.76. The molecule has 0 aliphatic carbocycles. The standard InChI is InChI=1S/C23H20N2O6S/c26-22-20-13-7-8-14-21(20)25(16-30-17-31-23(27)19-11-5-2-6-12-19)32(28,29)24(22)15-18-9-3-1-4-10-18/h1-14H,15-17H2. The molecule has 0 radical (unpaired) electrons. The van der Waals surface area contributed by atoms with Gasteiger partial charge in [0.25, 0.3) is 5.91 Å². The Morgan fingerprint density at radius 1 is 0.812 bits per heavy atom. The molecule has 0 saturated heterocycles. The number of hydrogen-bond acceptors (Lipinski definition) is 6. The Labute approximate surface area is 185 Å². The van der Waals surface area contributed by atoms with E-state index < -0.39 is 35.6 Å². The molecule has 0 fully saturated rings. The number of fused-ring (bicyclic) bond motifs is 1. The Morgan fingerprint density at radius 3 is 2.16 bits per heavy atom. The van der Waals surface area contributed by atoms with E-state index >= 15 is 0 Å². The van der Waals surface area contributed by atoms with Gasteiger partial charge in [0, 0.05) is 0 Å². The van der Waals surface area contributed by atoms with Crippen LogP contribution in [0.2, 0.25) is 0 Å². The van der Waals surface area contributed by atoms with Gasteiger partial charge in [0.2, 0.25) is 0 Å². The predicted octanol–water partition coefficient (Wildman–Crippen LogP) is 3.18. The second kappa shape index (κ2) is 9.21. The van der Waals surface area contributed by atoms with E-state index in [2.05, 4.69) is 0 Å². The van der Waals surface area contributed by atoms with Gasteiger partial charge < -0.3 is 9.47 Å². The molecular weight excluding hydrogens is 432 g/mol. The first-order chi connectivity index (χ1) is 15.5. The van der Waals surface area contributed by atoms with Gasteiger partial charge in [0.1, 0.15) is 6.73 Å². The molecule has 3 aromatic carbocycles. The molecule has 9 heteroatoms. The van der Waals surface area contributed by atoms with Crippen LogP contribution < -0.4 is 4.31 Å². The molecule has 0 spiro atoms. The largest absolute Gasteiger partial charge is 0.435 e. The third-order valence-electron chi connectivity index (χ3n) is 4.85. The number of esters is 1. The fourth-order valence-corrected chi connectivity index (χ4v) is 4.74. The van der Waals surface area contributed by atoms with Crippen molar-refractivity contribution in [3.8, 4) is 0 Å². The van der Waals surface area contributed by atoms with Crippen LogP contribution >= 0.6 is 0 Å². The molecule has 8 nitrogen and oxygen atoms in total. The quantitative estimate of drug-likeness (QED) is 0.311. The number of benzene rings is 3. The van der Waals surface area contributed by atoms with Crippen LogP contribution in [0, 0.1) is 0 Å². The van der Waals surface area contributed by atoms with Gasteiger partial charge in [-0.2, -0.15) is 8.42 Å². The summed E-state index contributed by atoms with van der Waals surface area (Å²) in [4.78, 5) is 25.0. The van der Waals surface area contributed by atoms with Gasteiger partial charge in [-0.15, -0.1) is 0 Å². The van der Waals surface area contributed by atoms with Gasteiger partial charge in [-0.1, -0.05) is 60.7 Å². The minimum Gasteiger partial charge on any atom is -0.435 e. The number of nitrogens with zero attached hydrogens (tertiary/aromatic N) is 2. The second-order valence-corrected chi connectivity index (χ2v) is 8.70. The van der Waals surface area contributed by atoms with Gasteiger partial charge in [0.15, 0.2) is 6.79 Å². The molecule has 4 rings (SSSR count). The van der Waals surface area contributed by atoms with Crippen molar-refractivity contribution >= 4 is 27.8 Å². The number of ether oxygens (including phenoxy) is 2. The molecule has 3 aromatic rings. The molecular formula is C23H20N2O6S. The van der Waals surface area contributed by atoms with E-state index in [4.69, 9.17) is 9.47 Å². The average molecular weight is 452 g/mol. The maximum atomic E-state index is 13.3. The van der Waals surface area contributed by atoms with Crippen LogP contribution in [0.1, 0.15) is 26.3 Å². The van der Waals surface area contributed by atoms with E-state index in [-0.39, 0.29) is 17.8 Å². The molecule has 0 aromatic heterocycles. The third-order valence-corrected chi connectivity index (χ3v) is 6.56. The summed E-state index contributed by atoms with van der Waals surface area (Å²) in [7, 11) is -4.23. The molecule has 1 amide bonds. The number of para-hydroxylation sites is 1. The Morgan fingerprint density at radius 2 is 1.44 bits per heavy atom. The Bertz CT molecular complexity index is 1220. The fourth-order valence-electron chi connectivity index (χ4n) is 3.27. The van der Waals surface area contributed by atoms with Crippen LogP contribution in [0.4, 0.5) is 5.69 Å². The Hall–Kier alpha value is -3.69. The van der Waals surface area contributed by atoms with Gasteiger partial charge in [-0.25, -0.2) is 13.4 Å². The molecule has 164 valence electrons. The van der Waals surface area contributed by atoms with Crippen molar-refractivity contribution in [3.63, 3.8) is 0 Å². The number of hydrogen-bond donors (Lipinski definition) is 0. The molecule has 1 heterocycles. The van der Waals surface area contributed by atoms with Crippen LogP contribution in [0.25, 0.3) is 0 Å². The average Bonchev–Trinajstić information content (AvgIpc) is 2.82. The monoisotopic (exact) mass is 452 g/mol. The van der Waals surface area contributed by atoms with Crippen molar-refractivity contribution in [3.05, 3.63) is 102 Å². The molecule has 1 aliphatic heterocycles. The molecule has 0 N–H and O–H groups in total. The van der Waals surface area contributed by atoms with Crippen molar-refractivity contribution in [1.29, 1.82) is 0 Å². The highest BCUT2D eigenvalue weighted by atomic mass is 32.2. The summed E-state index contributed by atoms with van der Waals surface area (Å²) >= 11 is 0. The van der Waals surface area contributed by atoms with E-state index in [1.807, 2.05) is 6.07 Å². The van der Waals surface area contributed by atoms with Crippen LogP contribution in [0.3, 0.4) is 0 Å². The van der Waals surface area contributed by atoms with Gasteiger partial charge in [-0.3, -0.25) is 4.79 Å². The van der Waals surface area contributed by atoms with Crippen molar-refractivity contribution in [2.75, 3.05) is 17.8 Å². The van der Waals surface area contributed by atoms with Crippen molar-refractivity contribution in [2.24, 2.45) is 0 Å². The minimum atomic E-state index is -4.23. The summed E-state index contributed by atoms with van der Waals surface area (Å²) in [5, 5.41) is 0. The maximum absolute atomic E-state index is 13.3. The van der Waals surface area contributed by atoms with Crippen molar-refractivity contribution in [1.82, 2.24) is 4.31 Å². The molecule has 32 heavy (non-hydrogen) atoms. The van der Waals surface area contributed by atoms with Crippen LogP contribution in [0.15, 0.2) is 84.9 Å². The lowest BCUT2D eigenvalue weighted by atomic mass is 10.1. The summed E-state index contributed by atoms with van der Waals surface area (Å²) < 4.78 is 38.8. The Kier molecular flexibility index (Phi) is 6.20. The fraction of sp³-hybridized carbons (Fsp3) is 0.130. The van der Waals surface area contributed by atoms with Crippen molar-refractivity contribution in [2.45, 2.75) is 6.54 Å².